The summed E-state index contributed by atoms with van der Waals surface area (Å²) in [5.74, 6) is 0. The molecule has 5 nitrogen and oxygen atoms in total. The van der Waals surface area contributed by atoms with Gasteiger partial charge in [0.05, 0.1) is 13.2 Å². The summed E-state index contributed by atoms with van der Waals surface area (Å²) >= 11 is 0. The first-order chi connectivity index (χ1) is 9.12. The normalized spacial score (nSPS) is 19.3. The standard InChI is InChI=1S/C14H30N2O3/c1-13(2)15-11-14(3-9-19-10-4-14)12-16(5-7-17)6-8-18/h13,15,17-18H,3-12H2,1-2H3. The molecule has 0 saturated carbocycles. The van der Waals surface area contributed by atoms with Crippen molar-refractivity contribution in [2.45, 2.75) is 32.7 Å². The Morgan fingerprint density at radius 2 is 1.74 bits per heavy atom. The predicted octanol–water partition coefficient (Wildman–Crippen LogP) is 0.0678. The van der Waals surface area contributed by atoms with Gasteiger partial charge in [-0.05, 0) is 18.3 Å². The molecule has 1 rings (SSSR count). The molecule has 1 aliphatic rings. The van der Waals surface area contributed by atoms with E-state index in [1.165, 1.54) is 0 Å². The van der Waals surface area contributed by atoms with Crippen LogP contribution in [0.25, 0.3) is 0 Å². The zero-order valence-corrected chi connectivity index (χ0v) is 12.4. The van der Waals surface area contributed by atoms with Gasteiger partial charge in [0.2, 0.25) is 0 Å². The van der Waals surface area contributed by atoms with E-state index in [1.807, 2.05) is 0 Å². The summed E-state index contributed by atoms with van der Waals surface area (Å²) in [6.45, 7) is 9.37. The fourth-order valence-corrected chi connectivity index (χ4v) is 2.64. The van der Waals surface area contributed by atoms with Crippen molar-refractivity contribution in [1.82, 2.24) is 10.2 Å². The third-order valence-corrected chi connectivity index (χ3v) is 3.83. The first-order valence-electron chi connectivity index (χ1n) is 7.37. The van der Waals surface area contributed by atoms with Crippen molar-refractivity contribution in [2.24, 2.45) is 5.41 Å². The van der Waals surface area contributed by atoms with Crippen LogP contribution in [-0.4, -0.2) is 73.8 Å². The van der Waals surface area contributed by atoms with Crippen LogP contribution in [0.2, 0.25) is 0 Å². The van der Waals surface area contributed by atoms with Crippen LogP contribution in [0.4, 0.5) is 0 Å². The molecule has 1 heterocycles. The summed E-state index contributed by atoms with van der Waals surface area (Å²) in [7, 11) is 0. The van der Waals surface area contributed by atoms with E-state index in [9.17, 15) is 0 Å². The minimum absolute atomic E-state index is 0.143. The van der Waals surface area contributed by atoms with E-state index in [0.29, 0.717) is 19.1 Å². The van der Waals surface area contributed by atoms with E-state index < -0.39 is 0 Å². The second-order valence-corrected chi connectivity index (χ2v) is 5.87. The first-order valence-corrected chi connectivity index (χ1v) is 7.37. The quantitative estimate of drug-likeness (QED) is 0.555. The summed E-state index contributed by atoms with van der Waals surface area (Å²) < 4.78 is 5.49. The van der Waals surface area contributed by atoms with Crippen LogP contribution in [0.5, 0.6) is 0 Å². The summed E-state index contributed by atoms with van der Waals surface area (Å²) in [5, 5.41) is 21.8. The molecule has 0 amide bonds. The van der Waals surface area contributed by atoms with E-state index in [-0.39, 0.29) is 18.6 Å². The molecule has 1 saturated heterocycles. The van der Waals surface area contributed by atoms with Gasteiger partial charge < -0.3 is 20.3 Å². The second kappa shape index (κ2) is 8.87. The van der Waals surface area contributed by atoms with Gasteiger partial charge in [-0.1, -0.05) is 13.8 Å². The number of aliphatic hydroxyl groups excluding tert-OH is 2. The lowest BCUT2D eigenvalue weighted by Crippen LogP contribution is -2.49. The van der Waals surface area contributed by atoms with Crippen molar-refractivity contribution in [3.63, 3.8) is 0 Å². The number of ether oxygens (including phenoxy) is 1. The Labute approximate surface area is 116 Å². The van der Waals surface area contributed by atoms with Crippen molar-refractivity contribution >= 4 is 0 Å². The molecule has 0 spiro atoms. The highest BCUT2D eigenvalue weighted by atomic mass is 16.5. The topological polar surface area (TPSA) is 65.0 Å². The SMILES string of the molecule is CC(C)NCC1(CN(CCO)CCO)CCOCC1. The highest BCUT2D eigenvalue weighted by molar-refractivity contribution is 4.87. The Bertz CT molecular complexity index is 225. The average molecular weight is 274 g/mol. The Balaban J connectivity index is 2.60. The fraction of sp³-hybridized carbons (Fsp3) is 1.00. The van der Waals surface area contributed by atoms with Gasteiger partial charge in [-0.25, -0.2) is 0 Å². The Morgan fingerprint density at radius 1 is 1.16 bits per heavy atom. The largest absolute Gasteiger partial charge is 0.395 e. The Kier molecular flexibility index (Phi) is 7.87. The van der Waals surface area contributed by atoms with Crippen molar-refractivity contribution in [2.75, 3.05) is 52.6 Å². The molecule has 0 radical (unpaired) electrons. The van der Waals surface area contributed by atoms with Gasteiger partial charge >= 0.3 is 0 Å². The van der Waals surface area contributed by atoms with Crippen molar-refractivity contribution in [1.29, 1.82) is 0 Å². The van der Waals surface area contributed by atoms with Crippen LogP contribution in [-0.2, 0) is 4.74 Å². The highest BCUT2D eigenvalue weighted by Gasteiger charge is 2.34. The first kappa shape index (κ1) is 16.9. The lowest BCUT2D eigenvalue weighted by atomic mass is 9.79. The average Bonchev–Trinajstić information content (AvgIpc) is 2.38. The molecule has 0 atom stereocenters. The molecular formula is C14H30N2O3. The van der Waals surface area contributed by atoms with Gasteiger partial charge in [-0.15, -0.1) is 0 Å². The van der Waals surface area contributed by atoms with Crippen LogP contribution in [0.3, 0.4) is 0 Å². The molecule has 0 unspecified atom stereocenters. The second-order valence-electron chi connectivity index (χ2n) is 5.87. The summed E-state index contributed by atoms with van der Waals surface area (Å²) in [4.78, 5) is 2.16. The van der Waals surface area contributed by atoms with Gasteiger partial charge in [0, 0.05) is 45.4 Å². The molecule has 1 fully saturated rings. The molecule has 0 aromatic carbocycles. The molecule has 0 aromatic heterocycles. The van der Waals surface area contributed by atoms with Gasteiger partial charge in [0.25, 0.3) is 0 Å². The van der Waals surface area contributed by atoms with Crippen molar-refractivity contribution in [3.8, 4) is 0 Å². The fourth-order valence-electron chi connectivity index (χ4n) is 2.64. The maximum atomic E-state index is 9.13. The molecule has 1 aliphatic heterocycles. The lowest BCUT2D eigenvalue weighted by molar-refractivity contribution is -0.00953. The van der Waals surface area contributed by atoms with Crippen molar-refractivity contribution in [3.05, 3.63) is 0 Å². The predicted molar refractivity (Wildman–Crippen MR) is 76.2 cm³/mol. The maximum absolute atomic E-state index is 9.13. The number of hydrogen-bond acceptors (Lipinski definition) is 5. The number of hydrogen-bond donors (Lipinski definition) is 3. The molecule has 5 heteroatoms. The number of nitrogens with zero attached hydrogens (tertiary/aromatic N) is 1. The molecular weight excluding hydrogens is 244 g/mol. The van der Waals surface area contributed by atoms with E-state index in [1.54, 1.807) is 0 Å². The van der Waals surface area contributed by atoms with E-state index >= 15 is 0 Å². The molecule has 0 aromatic rings. The Hall–Kier alpha value is -0.200. The molecule has 0 aliphatic carbocycles. The monoisotopic (exact) mass is 274 g/mol. The Morgan fingerprint density at radius 3 is 2.21 bits per heavy atom. The summed E-state index contributed by atoms with van der Waals surface area (Å²) in [6, 6.07) is 0.476. The van der Waals surface area contributed by atoms with Crippen LogP contribution in [0.15, 0.2) is 0 Å². The number of aliphatic hydroxyl groups is 2. The zero-order valence-electron chi connectivity index (χ0n) is 12.4. The van der Waals surface area contributed by atoms with Crippen LogP contribution < -0.4 is 5.32 Å². The molecule has 114 valence electrons. The van der Waals surface area contributed by atoms with Crippen LogP contribution in [0.1, 0.15) is 26.7 Å². The lowest BCUT2D eigenvalue weighted by Gasteiger charge is -2.41. The van der Waals surface area contributed by atoms with E-state index in [4.69, 9.17) is 14.9 Å². The zero-order chi connectivity index (χ0) is 14.1. The van der Waals surface area contributed by atoms with Gasteiger partial charge in [0.1, 0.15) is 0 Å². The van der Waals surface area contributed by atoms with Gasteiger partial charge in [-0.2, -0.15) is 0 Å². The van der Waals surface area contributed by atoms with E-state index in [0.717, 1.165) is 39.1 Å². The van der Waals surface area contributed by atoms with E-state index in [2.05, 4.69) is 24.1 Å². The minimum atomic E-state index is 0.143. The molecule has 0 bridgehead atoms. The molecule has 3 N–H and O–H groups in total. The number of rotatable bonds is 9. The van der Waals surface area contributed by atoms with Crippen LogP contribution >= 0.6 is 0 Å². The summed E-state index contributed by atoms with van der Waals surface area (Å²) in [6.07, 6.45) is 2.08. The number of nitrogens with one attached hydrogen (secondary N) is 1. The van der Waals surface area contributed by atoms with Gasteiger partial charge in [-0.3, -0.25) is 4.90 Å². The third-order valence-electron chi connectivity index (χ3n) is 3.83. The van der Waals surface area contributed by atoms with Crippen LogP contribution in [0, 0.1) is 5.41 Å². The van der Waals surface area contributed by atoms with Crippen molar-refractivity contribution < 1.29 is 14.9 Å². The van der Waals surface area contributed by atoms with Gasteiger partial charge in [0.15, 0.2) is 0 Å². The smallest absolute Gasteiger partial charge is 0.0558 e. The molecule has 19 heavy (non-hydrogen) atoms. The summed E-state index contributed by atoms with van der Waals surface area (Å²) in [5.41, 5.74) is 0.201. The highest BCUT2D eigenvalue weighted by Crippen LogP contribution is 2.31. The third kappa shape index (κ3) is 6.19. The minimum Gasteiger partial charge on any atom is -0.395 e. The maximum Gasteiger partial charge on any atom is 0.0558 e.